The largest absolute Gasteiger partial charge is 0.465 e. The molecule has 0 saturated heterocycles. The van der Waals surface area contributed by atoms with E-state index in [0.717, 1.165) is 16.7 Å². The van der Waals surface area contributed by atoms with Crippen LogP contribution in [0, 0.1) is 5.92 Å². The van der Waals surface area contributed by atoms with Crippen LogP contribution < -0.4 is 5.32 Å². The minimum absolute atomic E-state index is 0.0864. The van der Waals surface area contributed by atoms with E-state index in [9.17, 15) is 14.4 Å². The Bertz CT molecular complexity index is 1520. The summed E-state index contributed by atoms with van der Waals surface area (Å²) in [5.41, 5.74) is 4.29. The summed E-state index contributed by atoms with van der Waals surface area (Å²) in [7, 11) is 3.09. The molecule has 0 aliphatic heterocycles. The Labute approximate surface area is 252 Å². The normalized spacial score (nSPS) is 12.5. The minimum atomic E-state index is -0.728. The van der Waals surface area contributed by atoms with Crippen LogP contribution in [0.3, 0.4) is 0 Å². The lowest BCUT2D eigenvalue weighted by molar-refractivity contribution is -0.132. The van der Waals surface area contributed by atoms with Crippen LogP contribution in [0.15, 0.2) is 116 Å². The summed E-state index contributed by atoms with van der Waals surface area (Å²) in [6, 6.07) is 28.8. The highest BCUT2D eigenvalue weighted by Gasteiger charge is 2.25. The Morgan fingerprint density at radius 1 is 0.860 bits per heavy atom. The Hall–Kier alpha value is -5.24. The molecule has 1 aromatic heterocycles. The van der Waals surface area contributed by atoms with Crippen molar-refractivity contribution in [3.63, 3.8) is 0 Å². The molecule has 2 atom stereocenters. The Morgan fingerprint density at radius 3 is 2.12 bits per heavy atom. The van der Waals surface area contributed by atoms with E-state index < -0.39 is 24.0 Å². The summed E-state index contributed by atoms with van der Waals surface area (Å²) in [5.74, 6) is -1.10. The molecule has 0 spiro atoms. The molecule has 8 heteroatoms. The van der Waals surface area contributed by atoms with Gasteiger partial charge in [0.15, 0.2) is 0 Å². The van der Waals surface area contributed by atoms with E-state index >= 15 is 0 Å². The lowest BCUT2D eigenvalue weighted by Crippen LogP contribution is -2.32. The number of carbonyl (C=O) groups excluding carboxylic acids is 3. The second-order valence-corrected chi connectivity index (χ2v) is 10.1. The number of pyridine rings is 1. The first-order valence-corrected chi connectivity index (χ1v) is 13.9. The number of hydrogen-bond donors (Lipinski definition) is 1. The number of esters is 1. The summed E-state index contributed by atoms with van der Waals surface area (Å²) < 4.78 is 10.4. The van der Waals surface area contributed by atoms with Gasteiger partial charge in [-0.1, -0.05) is 91.9 Å². The topological polar surface area (TPSA) is 97.8 Å². The number of amides is 2. The van der Waals surface area contributed by atoms with Crippen molar-refractivity contribution in [2.75, 3.05) is 14.2 Å². The molecule has 0 aliphatic rings. The van der Waals surface area contributed by atoms with Crippen LogP contribution >= 0.6 is 0 Å². The van der Waals surface area contributed by atoms with Crippen LogP contribution in [0.5, 0.6) is 0 Å². The van der Waals surface area contributed by atoms with Gasteiger partial charge in [0.2, 0.25) is 5.91 Å². The second kappa shape index (κ2) is 15.1. The molecule has 2 amide bonds. The van der Waals surface area contributed by atoms with Gasteiger partial charge in [-0.3, -0.25) is 9.78 Å². The molecule has 3 aromatic carbocycles. The van der Waals surface area contributed by atoms with Gasteiger partial charge in [0, 0.05) is 26.0 Å². The second-order valence-electron chi connectivity index (χ2n) is 10.1. The van der Waals surface area contributed by atoms with Gasteiger partial charge < -0.3 is 19.7 Å². The molecule has 0 fully saturated rings. The van der Waals surface area contributed by atoms with Crippen LogP contribution in [0.25, 0.3) is 5.57 Å². The summed E-state index contributed by atoms with van der Waals surface area (Å²) in [6.07, 6.45) is 4.55. The molecule has 220 valence electrons. The van der Waals surface area contributed by atoms with Gasteiger partial charge in [-0.05, 0) is 46.0 Å². The van der Waals surface area contributed by atoms with Crippen molar-refractivity contribution in [1.82, 2.24) is 15.2 Å². The average molecular weight is 578 g/mol. The summed E-state index contributed by atoms with van der Waals surface area (Å²) >= 11 is 0. The predicted octanol–water partition coefficient (Wildman–Crippen LogP) is 6.21. The van der Waals surface area contributed by atoms with Crippen LogP contribution in [-0.4, -0.2) is 42.0 Å². The molecular weight excluding hydrogens is 542 g/mol. The van der Waals surface area contributed by atoms with Crippen LogP contribution in [0.2, 0.25) is 0 Å². The standard InChI is InChI=1S/C35H35N3O5/c1-25(33(39)38(2)23-26-11-6-4-7-12-26)21-31(30-15-10-20-36-22-30)32(28-16-18-29(19-17-28)34(40)42-3)37-35(41)43-24-27-13-8-5-9-14-27/h4-22,25,32H,23-24H2,1-3H3,(H,37,41)/b31-21+/t25-,32?/m1/s1. The predicted molar refractivity (Wildman–Crippen MR) is 165 cm³/mol. The van der Waals surface area contributed by atoms with E-state index in [-0.39, 0.29) is 12.5 Å². The van der Waals surface area contributed by atoms with Crippen molar-refractivity contribution in [2.24, 2.45) is 5.92 Å². The maximum atomic E-state index is 13.5. The van der Waals surface area contributed by atoms with E-state index in [1.165, 1.54) is 7.11 Å². The van der Waals surface area contributed by atoms with Crippen LogP contribution in [-0.2, 0) is 27.4 Å². The van der Waals surface area contributed by atoms with Crippen molar-refractivity contribution in [1.29, 1.82) is 0 Å². The molecule has 1 unspecified atom stereocenters. The summed E-state index contributed by atoms with van der Waals surface area (Å²) in [4.78, 5) is 44.7. The van der Waals surface area contributed by atoms with Crippen molar-refractivity contribution in [3.05, 3.63) is 143 Å². The van der Waals surface area contributed by atoms with Crippen molar-refractivity contribution in [3.8, 4) is 0 Å². The molecule has 1 heterocycles. The number of nitrogens with zero attached hydrogens (tertiary/aromatic N) is 2. The Balaban J connectivity index is 1.68. The van der Waals surface area contributed by atoms with Crippen LogP contribution in [0.1, 0.15) is 45.6 Å². The third-order valence-electron chi connectivity index (χ3n) is 6.90. The molecule has 4 rings (SSSR count). The molecule has 0 aliphatic carbocycles. The fourth-order valence-electron chi connectivity index (χ4n) is 4.67. The number of aromatic nitrogens is 1. The fraction of sp³-hybridized carbons (Fsp3) is 0.200. The molecule has 0 saturated carbocycles. The zero-order valence-corrected chi connectivity index (χ0v) is 24.5. The molecule has 4 aromatic rings. The molecule has 0 bridgehead atoms. The third-order valence-corrected chi connectivity index (χ3v) is 6.90. The van der Waals surface area contributed by atoms with E-state index in [1.807, 2.05) is 79.7 Å². The van der Waals surface area contributed by atoms with Gasteiger partial charge in [0.1, 0.15) is 6.61 Å². The van der Waals surface area contributed by atoms with Crippen molar-refractivity contribution < 1.29 is 23.9 Å². The summed E-state index contributed by atoms with van der Waals surface area (Å²) in [6.45, 7) is 2.37. The van der Waals surface area contributed by atoms with Gasteiger partial charge in [-0.15, -0.1) is 0 Å². The first-order chi connectivity index (χ1) is 20.9. The lowest BCUT2D eigenvalue weighted by Gasteiger charge is -2.25. The Kier molecular flexibility index (Phi) is 10.8. The third kappa shape index (κ3) is 8.63. The number of nitrogens with one attached hydrogen (secondary N) is 1. The molecule has 0 radical (unpaired) electrons. The van der Waals surface area contributed by atoms with Gasteiger partial charge >= 0.3 is 12.1 Å². The zero-order valence-electron chi connectivity index (χ0n) is 24.5. The van der Waals surface area contributed by atoms with E-state index in [2.05, 4.69) is 10.3 Å². The van der Waals surface area contributed by atoms with Gasteiger partial charge in [0.05, 0.1) is 24.6 Å². The number of alkyl carbamates (subject to hydrolysis) is 1. The molecule has 8 nitrogen and oxygen atoms in total. The summed E-state index contributed by atoms with van der Waals surface area (Å²) in [5, 5.41) is 2.98. The van der Waals surface area contributed by atoms with Crippen LogP contribution in [0.4, 0.5) is 4.79 Å². The number of methoxy groups -OCH3 is 1. The minimum Gasteiger partial charge on any atom is -0.465 e. The van der Waals surface area contributed by atoms with Gasteiger partial charge in [-0.25, -0.2) is 9.59 Å². The maximum Gasteiger partial charge on any atom is 0.408 e. The highest BCUT2D eigenvalue weighted by molar-refractivity contribution is 5.89. The fourth-order valence-corrected chi connectivity index (χ4v) is 4.67. The first kappa shape index (κ1) is 30.7. The quantitative estimate of drug-likeness (QED) is 0.213. The van der Waals surface area contributed by atoms with Crippen molar-refractivity contribution >= 4 is 23.5 Å². The monoisotopic (exact) mass is 577 g/mol. The number of carbonyl (C=O) groups is 3. The zero-order chi connectivity index (χ0) is 30.6. The van der Waals surface area contributed by atoms with Gasteiger partial charge in [-0.2, -0.15) is 0 Å². The smallest absolute Gasteiger partial charge is 0.408 e. The SMILES string of the molecule is COC(=O)c1ccc(C(NC(=O)OCc2ccccc2)/C(=C/[C@@H](C)C(=O)N(C)Cc2ccccc2)c2cccnc2)cc1. The highest BCUT2D eigenvalue weighted by Crippen LogP contribution is 2.32. The number of ether oxygens (including phenoxy) is 2. The van der Waals surface area contributed by atoms with E-state index in [4.69, 9.17) is 9.47 Å². The van der Waals surface area contributed by atoms with E-state index in [0.29, 0.717) is 23.2 Å². The lowest BCUT2D eigenvalue weighted by atomic mass is 9.90. The maximum absolute atomic E-state index is 13.5. The first-order valence-electron chi connectivity index (χ1n) is 13.9. The van der Waals surface area contributed by atoms with Gasteiger partial charge in [0.25, 0.3) is 0 Å². The highest BCUT2D eigenvalue weighted by atomic mass is 16.5. The Morgan fingerprint density at radius 2 is 1.51 bits per heavy atom. The number of hydrogen-bond acceptors (Lipinski definition) is 6. The molecule has 43 heavy (non-hydrogen) atoms. The molecule has 1 N–H and O–H groups in total. The average Bonchev–Trinajstić information content (AvgIpc) is 3.06. The number of rotatable bonds is 11. The van der Waals surface area contributed by atoms with E-state index in [1.54, 1.807) is 54.7 Å². The van der Waals surface area contributed by atoms with Crippen molar-refractivity contribution in [2.45, 2.75) is 26.1 Å². The molecular formula is C35H35N3O5. The number of benzene rings is 3.